The Morgan fingerprint density at radius 2 is 1.95 bits per heavy atom. The largest absolute Gasteiger partial charge is 0.463 e. The zero-order valence-corrected chi connectivity index (χ0v) is 11.6. The zero-order chi connectivity index (χ0) is 14.5. The van der Waals surface area contributed by atoms with Gasteiger partial charge in [-0.15, -0.1) is 0 Å². The predicted molar refractivity (Wildman–Crippen MR) is 70.5 cm³/mol. The van der Waals surface area contributed by atoms with Gasteiger partial charge >= 0.3 is 11.9 Å². The van der Waals surface area contributed by atoms with Crippen LogP contribution in [0.5, 0.6) is 0 Å². The predicted octanol–water partition coefficient (Wildman–Crippen LogP) is 1.22. The van der Waals surface area contributed by atoms with Gasteiger partial charge in [-0.3, -0.25) is 9.59 Å². The maximum Gasteiger partial charge on any atom is 0.303 e. The van der Waals surface area contributed by atoms with Crippen molar-refractivity contribution >= 4 is 11.9 Å². The van der Waals surface area contributed by atoms with E-state index < -0.39 is 24.1 Å². The minimum absolute atomic E-state index is 0.0409. The molecule has 0 bridgehead atoms. The molecule has 1 saturated carbocycles. The van der Waals surface area contributed by atoms with Crippen molar-refractivity contribution in [3.05, 3.63) is 12.2 Å². The molecule has 0 aromatic carbocycles. The SMILES string of the molecule is CC(=O)OC[C@H]1O[C@H](C#CC2CC2)C=C[C@@H]1OC(C)=O. The van der Waals surface area contributed by atoms with E-state index in [0.717, 1.165) is 12.8 Å². The van der Waals surface area contributed by atoms with Crippen LogP contribution in [0.1, 0.15) is 26.7 Å². The highest BCUT2D eigenvalue weighted by Gasteiger charge is 2.30. The number of esters is 2. The van der Waals surface area contributed by atoms with Crippen LogP contribution < -0.4 is 0 Å². The molecule has 1 fully saturated rings. The summed E-state index contributed by atoms with van der Waals surface area (Å²) in [5.74, 6) is 5.85. The second-order valence-corrected chi connectivity index (χ2v) is 4.92. The highest BCUT2D eigenvalue weighted by molar-refractivity contribution is 5.66. The average Bonchev–Trinajstić information content (AvgIpc) is 3.19. The third kappa shape index (κ3) is 4.71. The van der Waals surface area contributed by atoms with Crippen molar-refractivity contribution in [2.45, 2.75) is 45.0 Å². The van der Waals surface area contributed by atoms with E-state index in [1.54, 1.807) is 12.2 Å². The van der Waals surface area contributed by atoms with Gasteiger partial charge in [0.05, 0.1) is 0 Å². The van der Waals surface area contributed by atoms with Crippen LogP contribution in [-0.4, -0.2) is 36.9 Å². The molecule has 3 atom stereocenters. The van der Waals surface area contributed by atoms with Crippen molar-refractivity contribution in [1.82, 2.24) is 0 Å². The molecule has 5 heteroatoms. The fourth-order valence-electron chi connectivity index (χ4n) is 1.80. The van der Waals surface area contributed by atoms with Crippen molar-refractivity contribution in [2.24, 2.45) is 5.92 Å². The quantitative estimate of drug-likeness (QED) is 0.441. The van der Waals surface area contributed by atoms with Crippen LogP contribution in [0, 0.1) is 17.8 Å². The molecular formula is C15H18O5. The van der Waals surface area contributed by atoms with E-state index in [9.17, 15) is 9.59 Å². The first kappa shape index (κ1) is 14.6. The highest BCUT2D eigenvalue weighted by atomic mass is 16.6. The van der Waals surface area contributed by atoms with Crippen LogP contribution >= 0.6 is 0 Å². The third-order valence-electron chi connectivity index (χ3n) is 2.92. The molecular weight excluding hydrogens is 260 g/mol. The van der Waals surface area contributed by atoms with Crippen molar-refractivity contribution in [3.63, 3.8) is 0 Å². The summed E-state index contributed by atoms with van der Waals surface area (Å²) in [7, 11) is 0. The van der Waals surface area contributed by atoms with Gasteiger partial charge in [-0.1, -0.05) is 11.8 Å². The molecule has 0 aromatic heterocycles. The summed E-state index contributed by atoms with van der Waals surface area (Å²) < 4.78 is 15.8. The van der Waals surface area contributed by atoms with E-state index in [1.165, 1.54) is 13.8 Å². The first-order valence-electron chi connectivity index (χ1n) is 6.70. The van der Waals surface area contributed by atoms with Crippen LogP contribution in [0.3, 0.4) is 0 Å². The number of hydrogen-bond donors (Lipinski definition) is 0. The molecule has 0 unspecified atom stereocenters. The molecule has 2 aliphatic rings. The molecule has 0 spiro atoms. The molecule has 108 valence electrons. The lowest BCUT2D eigenvalue weighted by Crippen LogP contribution is -2.41. The third-order valence-corrected chi connectivity index (χ3v) is 2.92. The van der Waals surface area contributed by atoms with Gasteiger partial charge in [0, 0.05) is 19.8 Å². The normalized spacial score (nSPS) is 28.2. The van der Waals surface area contributed by atoms with E-state index in [2.05, 4.69) is 11.8 Å². The van der Waals surface area contributed by atoms with Gasteiger partial charge in [0.15, 0.2) is 0 Å². The zero-order valence-electron chi connectivity index (χ0n) is 11.6. The van der Waals surface area contributed by atoms with Crippen LogP contribution in [0.15, 0.2) is 12.2 Å². The van der Waals surface area contributed by atoms with E-state index in [-0.39, 0.29) is 12.7 Å². The Balaban J connectivity index is 1.98. The lowest BCUT2D eigenvalue weighted by molar-refractivity contribution is -0.161. The van der Waals surface area contributed by atoms with Crippen LogP contribution in [0.2, 0.25) is 0 Å². The molecule has 0 amide bonds. The molecule has 1 aliphatic carbocycles. The maximum absolute atomic E-state index is 11.1. The van der Waals surface area contributed by atoms with E-state index in [4.69, 9.17) is 14.2 Å². The molecule has 2 rings (SSSR count). The summed E-state index contributed by atoms with van der Waals surface area (Å²) in [5.41, 5.74) is 0. The summed E-state index contributed by atoms with van der Waals surface area (Å²) in [4.78, 5) is 21.9. The van der Waals surface area contributed by atoms with Crippen molar-refractivity contribution in [1.29, 1.82) is 0 Å². The first-order chi connectivity index (χ1) is 9.54. The Bertz CT molecular complexity index is 466. The number of hydrogen-bond acceptors (Lipinski definition) is 5. The number of carbonyl (C=O) groups is 2. The van der Waals surface area contributed by atoms with Crippen molar-refractivity contribution < 1.29 is 23.8 Å². The molecule has 5 nitrogen and oxygen atoms in total. The fraction of sp³-hybridized carbons (Fsp3) is 0.600. The van der Waals surface area contributed by atoms with Crippen LogP contribution in [0.25, 0.3) is 0 Å². The van der Waals surface area contributed by atoms with E-state index in [0.29, 0.717) is 5.92 Å². The van der Waals surface area contributed by atoms with Gasteiger partial charge in [0.1, 0.15) is 24.9 Å². The molecule has 0 aromatic rings. The Morgan fingerprint density at radius 1 is 1.20 bits per heavy atom. The maximum atomic E-state index is 11.1. The Labute approximate surface area is 118 Å². The van der Waals surface area contributed by atoms with Crippen LogP contribution in [-0.2, 0) is 23.8 Å². The molecule has 1 heterocycles. The minimum Gasteiger partial charge on any atom is -0.463 e. The fourth-order valence-corrected chi connectivity index (χ4v) is 1.80. The van der Waals surface area contributed by atoms with E-state index >= 15 is 0 Å². The topological polar surface area (TPSA) is 61.8 Å². The van der Waals surface area contributed by atoms with Crippen molar-refractivity contribution in [2.75, 3.05) is 6.61 Å². The Hall–Kier alpha value is -1.80. The molecule has 0 radical (unpaired) electrons. The summed E-state index contributed by atoms with van der Waals surface area (Å²) in [6.07, 6.45) is 4.39. The van der Waals surface area contributed by atoms with Gasteiger partial charge in [0.2, 0.25) is 0 Å². The monoisotopic (exact) mass is 278 g/mol. The van der Waals surface area contributed by atoms with Gasteiger partial charge in [-0.25, -0.2) is 0 Å². The first-order valence-corrected chi connectivity index (χ1v) is 6.70. The van der Waals surface area contributed by atoms with Crippen molar-refractivity contribution in [3.8, 4) is 11.8 Å². The Kier molecular flexibility index (Phi) is 4.80. The van der Waals surface area contributed by atoms with E-state index in [1.807, 2.05) is 0 Å². The standard InChI is InChI=1S/C15H18O5/c1-10(16)18-9-15-14(19-11(2)17)8-7-13(20-15)6-5-12-3-4-12/h7-8,12-15H,3-4,9H2,1-2H3/t13-,14+,15-/m1/s1. The second kappa shape index (κ2) is 6.58. The van der Waals surface area contributed by atoms with Gasteiger partial charge in [0.25, 0.3) is 0 Å². The van der Waals surface area contributed by atoms with Gasteiger partial charge in [-0.05, 0) is 25.0 Å². The lowest BCUT2D eigenvalue weighted by atomic mass is 10.1. The number of rotatable bonds is 3. The molecule has 1 aliphatic heterocycles. The molecule has 20 heavy (non-hydrogen) atoms. The van der Waals surface area contributed by atoms with Gasteiger partial charge < -0.3 is 14.2 Å². The summed E-state index contributed by atoms with van der Waals surface area (Å²) in [6.45, 7) is 2.69. The summed E-state index contributed by atoms with van der Waals surface area (Å²) in [5, 5.41) is 0. The number of ether oxygens (including phenoxy) is 3. The summed E-state index contributed by atoms with van der Waals surface area (Å²) >= 11 is 0. The number of carbonyl (C=O) groups excluding carboxylic acids is 2. The minimum atomic E-state index is -0.550. The average molecular weight is 278 g/mol. The van der Waals surface area contributed by atoms with Crippen LogP contribution in [0.4, 0.5) is 0 Å². The smallest absolute Gasteiger partial charge is 0.303 e. The Morgan fingerprint density at radius 3 is 2.55 bits per heavy atom. The van der Waals surface area contributed by atoms with Gasteiger partial charge in [-0.2, -0.15) is 0 Å². The highest BCUT2D eigenvalue weighted by Crippen LogP contribution is 2.27. The molecule has 0 N–H and O–H groups in total. The molecule has 0 saturated heterocycles. The second-order valence-electron chi connectivity index (χ2n) is 4.92. The lowest BCUT2D eigenvalue weighted by Gasteiger charge is -2.29. The summed E-state index contributed by atoms with van der Waals surface area (Å²) in [6, 6.07) is 0.